The third-order valence-corrected chi connectivity index (χ3v) is 4.96. The molecule has 13 heteroatoms. The van der Waals surface area contributed by atoms with Crippen LogP contribution in [0.4, 0.5) is 30.5 Å². The highest BCUT2D eigenvalue weighted by Crippen LogP contribution is 2.33. The van der Waals surface area contributed by atoms with Gasteiger partial charge in [0.2, 0.25) is 11.8 Å². The van der Waals surface area contributed by atoms with Gasteiger partial charge in [-0.2, -0.15) is 23.3 Å². The van der Waals surface area contributed by atoms with Gasteiger partial charge in [-0.15, -0.1) is 0 Å². The van der Waals surface area contributed by atoms with Gasteiger partial charge in [-0.25, -0.2) is 24.3 Å². The first-order chi connectivity index (χ1) is 17.1. The molecule has 0 bridgehead atoms. The maximum atomic E-state index is 13.3. The zero-order chi connectivity index (χ0) is 26.0. The summed E-state index contributed by atoms with van der Waals surface area (Å²) in [5, 5.41) is 16.1. The number of carboxylic acid groups (broad SMARTS) is 1. The Kier molecular flexibility index (Phi) is 6.26. The van der Waals surface area contributed by atoms with Crippen LogP contribution in [0.2, 0.25) is 0 Å². The number of halogens is 3. The number of aromatic nitrogens is 5. The number of anilines is 2. The van der Waals surface area contributed by atoms with E-state index in [1.165, 1.54) is 32.5 Å². The lowest BCUT2D eigenvalue weighted by Gasteiger charge is -2.14. The molecule has 0 spiro atoms. The molecule has 0 amide bonds. The number of ether oxygens (including phenoxy) is 1. The molecule has 0 aliphatic rings. The minimum Gasteiger partial charge on any atom is -0.480 e. The second kappa shape index (κ2) is 9.34. The van der Waals surface area contributed by atoms with Crippen molar-refractivity contribution in [3.8, 4) is 22.8 Å². The van der Waals surface area contributed by atoms with Crippen molar-refractivity contribution in [3.05, 3.63) is 77.2 Å². The molecule has 10 nitrogen and oxygen atoms in total. The molecular weight excluding hydrogens is 479 g/mol. The topological polar surface area (TPSA) is 119 Å². The van der Waals surface area contributed by atoms with E-state index in [9.17, 15) is 23.1 Å². The fraction of sp³-hybridized carbons (Fsp3) is 0.130. The Bertz CT molecular complexity index is 1510. The van der Waals surface area contributed by atoms with E-state index < -0.39 is 17.8 Å². The minimum absolute atomic E-state index is 0.0132. The number of hydrogen-bond acceptors (Lipinski definition) is 7. The number of aryl methyl sites for hydroxylation is 1. The summed E-state index contributed by atoms with van der Waals surface area (Å²) in [4.78, 5) is 27.6. The van der Waals surface area contributed by atoms with Crippen LogP contribution in [0.1, 0.15) is 21.7 Å². The Labute approximate surface area is 201 Å². The van der Waals surface area contributed by atoms with Crippen LogP contribution in [0.5, 0.6) is 5.88 Å². The summed E-state index contributed by atoms with van der Waals surface area (Å²) in [6.45, 7) is 8.57. The van der Waals surface area contributed by atoms with E-state index in [1.807, 2.05) is 0 Å². The van der Waals surface area contributed by atoms with Gasteiger partial charge < -0.3 is 15.2 Å². The molecule has 0 fully saturated rings. The molecule has 0 saturated carbocycles. The zero-order valence-corrected chi connectivity index (χ0v) is 18.7. The van der Waals surface area contributed by atoms with Gasteiger partial charge in [-0.05, 0) is 31.2 Å². The fourth-order valence-corrected chi connectivity index (χ4v) is 3.32. The van der Waals surface area contributed by atoms with Gasteiger partial charge in [0.15, 0.2) is 17.2 Å². The molecule has 1 aromatic carbocycles. The van der Waals surface area contributed by atoms with Crippen molar-refractivity contribution in [2.24, 2.45) is 0 Å². The molecule has 0 unspecified atom stereocenters. The Morgan fingerprint density at radius 3 is 2.61 bits per heavy atom. The first kappa shape index (κ1) is 24.1. The maximum absolute atomic E-state index is 13.3. The van der Waals surface area contributed by atoms with Crippen LogP contribution >= 0.6 is 0 Å². The van der Waals surface area contributed by atoms with Crippen molar-refractivity contribution in [2.45, 2.75) is 13.1 Å². The highest BCUT2D eigenvalue weighted by Gasteiger charge is 2.35. The zero-order valence-electron chi connectivity index (χ0n) is 18.7. The summed E-state index contributed by atoms with van der Waals surface area (Å²) < 4.78 is 46.0. The van der Waals surface area contributed by atoms with Crippen molar-refractivity contribution >= 4 is 23.3 Å². The van der Waals surface area contributed by atoms with E-state index in [-0.39, 0.29) is 40.0 Å². The third kappa shape index (κ3) is 4.78. The highest BCUT2D eigenvalue weighted by atomic mass is 19.4. The van der Waals surface area contributed by atoms with Crippen molar-refractivity contribution in [1.29, 1.82) is 0 Å². The van der Waals surface area contributed by atoms with Crippen molar-refractivity contribution in [1.82, 2.24) is 24.7 Å². The number of carbonyl (C=O) groups is 1. The van der Waals surface area contributed by atoms with Crippen molar-refractivity contribution < 1.29 is 27.8 Å². The van der Waals surface area contributed by atoms with E-state index in [0.717, 1.165) is 10.7 Å². The number of rotatable bonds is 6. The first-order valence-electron chi connectivity index (χ1n) is 10.1. The normalized spacial score (nSPS) is 11.1. The van der Waals surface area contributed by atoms with Gasteiger partial charge in [0.1, 0.15) is 5.56 Å². The number of methoxy groups -OCH3 is 1. The number of aromatic carboxylic acids is 1. The summed E-state index contributed by atoms with van der Waals surface area (Å²) in [6, 6.07) is 8.60. The minimum atomic E-state index is -4.69. The summed E-state index contributed by atoms with van der Waals surface area (Å²) in [6.07, 6.45) is -2.08. The predicted octanol–water partition coefficient (Wildman–Crippen LogP) is 5.05. The van der Waals surface area contributed by atoms with E-state index in [4.69, 9.17) is 11.3 Å². The molecule has 182 valence electrons. The lowest BCUT2D eigenvalue weighted by atomic mass is 10.1. The number of nitrogens with zero attached hydrogens (tertiary/aromatic N) is 6. The lowest BCUT2D eigenvalue weighted by Crippen LogP contribution is -2.11. The van der Waals surface area contributed by atoms with E-state index in [2.05, 4.69) is 30.2 Å². The Hall–Kier alpha value is -4.99. The van der Waals surface area contributed by atoms with Gasteiger partial charge in [0.05, 0.1) is 13.7 Å². The van der Waals surface area contributed by atoms with Gasteiger partial charge in [0, 0.05) is 34.9 Å². The number of benzene rings is 1. The van der Waals surface area contributed by atoms with Crippen LogP contribution in [0.15, 0.2) is 48.8 Å². The Morgan fingerprint density at radius 2 is 1.97 bits per heavy atom. The predicted molar refractivity (Wildman–Crippen MR) is 122 cm³/mol. The number of hydrogen-bond donors (Lipinski definition) is 2. The standard InChI is InChI=1S/C23H16F3N7O3/c1-12-7-18(23(24,25)26)32-33(12)19-17(13-8-16(21(34)35)20(36-3)28-10-13)11-29-22(31-19)30-15-6-4-5-14(9-15)27-2/h4-11H,1,3H3,(H,34,35)(H,29,30,31). The van der Waals surface area contributed by atoms with Crippen molar-refractivity contribution in [2.75, 3.05) is 12.4 Å². The third-order valence-electron chi connectivity index (χ3n) is 4.96. The molecular formula is C23H16F3N7O3. The second-order valence-electron chi connectivity index (χ2n) is 7.38. The number of pyridine rings is 1. The van der Waals surface area contributed by atoms with Crippen LogP contribution in [0.3, 0.4) is 0 Å². The number of carboxylic acids is 1. The fourth-order valence-electron chi connectivity index (χ4n) is 3.32. The molecule has 2 N–H and O–H groups in total. The molecule has 4 aromatic rings. The van der Waals surface area contributed by atoms with Crippen LogP contribution < -0.4 is 10.1 Å². The monoisotopic (exact) mass is 495 g/mol. The van der Waals surface area contributed by atoms with Crippen LogP contribution in [0, 0.1) is 13.5 Å². The van der Waals surface area contributed by atoms with E-state index >= 15 is 0 Å². The smallest absolute Gasteiger partial charge is 0.435 e. The SMILES string of the molecule is [C-]#[N+]c1cccc(Nc2ncc(-c3cnc(OC)c(C(=O)O)c3)c(-n3nc(C(F)(F)F)cc3C)n2)c1. The molecule has 3 heterocycles. The number of alkyl halides is 3. The Balaban J connectivity index is 1.89. The van der Waals surface area contributed by atoms with E-state index in [0.29, 0.717) is 11.4 Å². The van der Waals surface area contributed by atoms with Gasteiger partial charge >= 0.3 is 12.1 Å². The van der Waals surface area contributed by atoms with Crippen LogP contribution in [-0.4, -0.2) is 42.9 Å². The van der Waals surface area contributed by atoms with Crippen molar-refractivity contribution in [3.63, 3.8) is 0 Å². The number of nitrogens with one attached hydrogen (secondary N) is 1. The summed E-state index contributed by atoms with van der Waals surface area (Å²) in [5.74, 6) is -1.48. The quantitative estimate of drug-likeness (QED) is 0.357. The molecule has 0 aliphatic heterocycles. The molecule has 36 heavy (non-hydrogen) atoms. The first-order valence-corrected chi connectivity index (χ1v) is 10.1. The summed E-state index contributed by atoms with van der Waals surface area (Å²) in [7, 11) is 1.26. The average molecular weight is 495 g/mol. The molecule has 0 saturated heterocycles. The van der Waals surface area contributed by atoms with Crippen LogP contribution in [-0.2, 0) is 6.18 Å². The largest absolute Gasteiger partial charge is 0.480 e. The van der Waals surface area contributed by atoms with Gasteiger partial charge in [-0.3, -0.25) is 0 Å². The Morgan fingerprint density at radius 1 is 1.19 bits per heavy atom. The van der Waals surface area contributed by atoms with Gasteiger partial charge in [0.25, 0.3) is 0 Å². The van der Waals surface area contributed by atoms with E-state index in [1.54, 1.807) is 24.3 Å². The molecule has 4 rings (SSSR count). The molecule has 3 aromatic heterocycles. The maximum Gasteiger partial charge on any atom is 0.435 e. The van der Waals surface area contributed by atoms with Gasteiger partial charge in [-0.1, -0.05) is 12.1 Å². The van der Waals surface area contributed by atoms with Crippen LogP contribution in [0.25, 0.3) is 21.8 Å². The molecule has 0 aliphatic carbocycles. The molecule has 0 radical (unpaired) electrons. The summed E-state index contributed by atoms with van der Waals surface area (Å²) in [5.41, 5.74) is -0.0191. The second-order valence-corrected chi connectivity index (χ2v) is 7.38. The molecule has 0 atom stereocenters. The lowest BCUT2D eigenvalue weighted by molar-refractivity contribution is -0.141. The summed E-state index contributed by atoms with van der Waals surface area (Å²) >= 11 is 0. The highest BCUT2D eigenvalue weighted by molar-refractivity contribution is 5.92. The average Bonchev–Trinajstić information content (AvgIpc) is 3.25.